The summed E-state index contributed by atoms with van der Waals surface area (Å²) in [4.78, 5) is 17.9. The second-order valence-electron chi connectivity index (χ2n) is 8.66. The summed E-state index contributed by atoms with van der Waals surface area (Å²) in [6.07, 6.45) is 5.61. The fourth-order valence-electron chi connectivity index (χ4n) is 4.67. The van der Waals surface area contributed by atoms with Crippen LogP contribution in [0.15, 0.2) is 24.3 Å². The van der Waals surface area contributed by atoms with Gasteiger partial charge in [0.2, 0.25) is 5.91 Å². The lowest BCUT2D eigenvalue weighted by Gasteiger charge is -2.43. The Bertz CT molecular complexity index is 607. The number of piperidine rings is 2. The molecule has 27 heavy (non-hydrogen) atoms. The van der Waals surface area contributed by atoms with Gasteiger partial charge in [0.1, 0.15) is 0 Å². The number of nitrogens with one attached hydrogen (secondary N) is 1. The molecule has 1 atom stereocenters. The highest BCUT2D eigenvalue weighted by atomic mass is 16.1. The van der Waals surface area contributed by atoms with Crippen molar-refractivity contribution in [3.8, 4) is 0 Å². The van der Waals surface area contributed by atoms with Crippen LogP contribution >= 0.6 is 0 Å². The molecule has 4 heteroatoms. The third kappa shape index (κ3) is 5.55. The van der Waals surface area contributed by atoms with Crippen LogP contribution in [0.1, 0.15) is 50.7 Å². The summed E-state index contributed by atoms with van der Waals surface area (Å²) in [6, 6.07) is 9.77. The van der Waals surface area contributed by atoms with Crippen molar-refractivity contribution in [3.05, 3.63) is 35.4 Å². The van der Waals surface area contributed by atoms with Gasteiger partial charge in [0.15, 0.2) is 0 Å². The third-order valence-electron chi connectivity index (χ3n) is 6.52. The van der Waals surface area contributed by atoms with E-state index in [1.54, 1.807) is 0 Å². The summed E-state index contributed by atoms with van der Waals surface area (Å²) in [6.45, 7) is 12.0. The molecule has 0 aromatic heterocycles. The quantitative estimate of drug-likeness (QED) is 0.834. The molecule has 2 fully saturated rings. The number of amides is 1. The van der Waals surface area contributed by atoms with Crippen molar-refractivity contribution in [2.24, 2.45) is 5.92 Å². The molecule has 2 saturated heterocycles. The zero-order valence-corrected chi connectivity index (χ0v) is 17.4. The molecular weight excluding hydrogens is 334 g/mol. The molecule has 0 spiro atoms. The number of likely N-dealkylation sites (tertiary alicyclic amines) is 2. The number of carbonyl (C=O) groups is 1. The highest BCUT2D eigenvalue weighted by molar-refractivity contribution is 5.79. The minimum atomic E-state index is 0.166. The van der Waals surface area contributed by atoms with Gasteiger partial charge in [0.25, 0.3) is 0 Å². The van der Waals surface area contributed by atoms with Gasteiger partial charge in [-0.3, -0.25) is 9.69 Å². The van der Waals surface area contributed by atoms with Crippen LogP contribution in [0.3, 0.4) is 0 Å². The molecule has 2 aliphatic rings. The lowest BCUT2D eigenvalue weighted by Crippen LogP contribution is -2.51. The first-order valence-electron chi connectivity index (χ1n) is 10.8. The Hall–Kier alpha value is -1.39. The SMILES string of the molecule is Cc1ccccc1CCNC(=O)C1CCCN(C2CCN(C(C)C)CC2)C1. The van der Waals surface area contributed by atoms with E-state index in [9.17, 15) is 4.79 Å². The molecule has 0 aliphatic carbocycles. The zero-order chi connectivity index (χ0) is 19.2. The van der Waals surface area contributed by atoms with E-state index in [2.05, 4.69) is 60.2 Å². The maximum absolute atomic E-state index is 12.7. The number of carbonyl (C=O) groups excluding carboxylic acids is 1. The molecule has 150 valence electrons. The summed E-state index contributed by atoms with van der Waals surface area (Å²) < 4.78 is 0. The molecule has 2 aliphatic heterocycles. The Morgan fingerprint density at radius 3 is 2.59 bits per heavy atom. The first-order chi connectivity index (χ1) is 13.0. The average Bonchev–Trinajstić information content (AvgIpc) is 2.69. The van der Waals surface area contributed by atoms with Gasteiger partial charge in [-0.25, -0.2) is 0 Å². The summed E-state index contributed by atoms with van der Waals surface area (Å²) in [7, 11) is 0. The summed E-state index contributed by atoms with van der Waals surface area (Å²) in [5.74, 6) is 0.423. The first-order valence-corrected chi connectivity index (χ1v) is 10.8. The van der Waals surface area contributed by atoms with Crippen LogP contribution in [0, 0.1) is 12.8 Å². The molecule has 0 bridgehead atoms. The van der Waals surface area contributed by atoms with Crippen LogP contribution in [0.2, 0.25) is 0 Å². The van der Waals surface area contributed by atoms with E-state index in [1.807, 2.05) is 0 Å². The van der Waals surface area contributed by atoms with Gasteiger partial charge in [-0.05, 0) is 83.6 Å². The van der Waals surface area contributed by atoms with E-state index in [4.69, 9.17) is 0 Å². The summed E-state index contributed by atoms with van der Waals surface area (Å²) >= 11 is 0. The van der Waals surface area contributed by atoms with E-state index in [0.29, 0.717) is 12.1 Å². The molecule has 1 N–H and O–H groups in total. The van der Waals surface area contributed by atoms with Crippen LogP contribution in [-0.2, 0) is 11.2 Å². The van der Waals surface area contributed by atoms with Crippen LogP contribution in [0.25, 0.3) is 0 Å². The van der Waals surface area contributed by atoms with Crippen molar-refractivity contribution in [2.45, 2.75) is 65.0 Å². The molecule has 3 rings (SSSR count). The molecule has 4 nitrogen and oxygen atoms in total. The average molecular weight is 372 g/mol. The smallest absolute Gasteiger partial charge is 0.224 e. The molecule has 1 aromatic rings. The van der Waals surface area contributed by atoms with Crippen LogP contribution < -0.4 is 5.32 Å². The van der Waals surface area contributed by atoms with E-state index in [1.165, 1.54) is 43.6 Å². The molecule has 1 amide bonds. The van der Waals surface area contributed by atoms with Gasteiger partial charge in [-0.1, -0.05) is 24.3 Å². The third-order valence-corrected chi connectivity index (χ3v) is 6.52. The molecular formula is C23H37N3O. The second-order valence-corrected chi connectivity index (χ2v) is 8.66. The number of benzene rings is 1. The van der Waals surface area contributed by atoms with Crippen LogP contribution in [-0.4, -0.2) is 60.5 Å². The minimum Gasteiger partial charge on any atom is -0.355 e. The largest absolute Gasteiger partial charge is 0.355 e. The van der Waals surface area contributed by atoms with Crippen molar-refractivity contribution in [1.82, 2.24) is 15.1 Å². The number of rotatable bonds is 6. The topological polar surface area (TPSA) is 35.6 Å². The number of nitrogens with zero attached hydrogens (tertiary/aromatic N) is 2. The molecule has 0 radical (unpaired) electrons. The first kappa shape index (κ1) is 20.3. The molecule has 2 heterocycles. The Morgan fingerprint density at radius 1 is 1.15 bits per heavy atom. The maximum atomic E-state index is 12.7. The Labute approximate surface area is 165 Å². The Balaban J connectivity index is 1.43. The fraction of sp³-hybridized carbons (Fsp3) is 0.696. The summed E-state index contributed by atoms with van der Waals surface area (Å²) in [5, 5.41) is 3.20. The van der Waals surface area contributed by atoms with Gasteiger partial charge >= 0.3 is 0 Å². The van der Waals surface area contributed by atoms with E-state index in [0.717, 1.165) is 32.4 Å². The van der Waals surface area contributed by atoms with Crippen molar-refractivity contribution in [2.75, 3.05) is 32.7 Å². The van der Waals surface area contributed by atoms with E-state index >= 15 is 0 Å². The molecule has 0 saturated carbocycles. The predicted octanol–water partition coefficient (Wildman–Crippen LogP) is 3.24. The van der Waals surface area contributed by atoms with Crippen LogP contribution in [0.5, 0.6) is 0 Å². The summed E-state index contributed by atoms with van der Waals surface area (Å²) in [5.41, 5.74) is 2.64. The van der Waals surface area contributed by atoms with Crippen molar-refractivity contribution in [1.29, 1.82) is 0 Å². The monoisotopic (exact) mass is 371 g/mol. The van der Waals surface area contributed by atoms with Gasteiger partial charge in [-0.15, -0.1) is 0 Å². The lowest BCUT2D eigenvalue weighted by atomic mass is 9.93. The molecule has 1 unspecified atom stereocenters. The minimum absolute atomic E-state index is 0.166. The maximum Gasteiger partial charge on any atom is 0.224 e. The highest BCUT2D eigenvalue weighted by Gasteiger charge is 2.31. The number of aryl methyl sites for hydroxylation is 1. The van der Waals surface area contributed by atoms with Crippen LogP contribution in [0.4, 0.5) is 0 Å². The standard InChI is InChI=1S/C23H37N3O/c1-18(2)25-15-11-22(12-16-25)26-14-6-9-21(17-26)23(27)24-13-10-20-8-5-4-7-19(20)3/h4-5,7-8,18,21-22H,6,9-17H2,1-3H3,(H,24,27). The van der Waals surface area contributed by atoms with Crippen molar-refractivity contribution >= 4 is 5.91 Å². The fourth-order valence-corrected chi connectivity index (χ4v) is 4.67. The Kier molecular flexibility index (Phi) is 7.31. The molecule has 1 aromatic carbocycles. The van der Waals surface area contributed by atoms with Gasteiger partial charge < -0.3 is 10.2 Å². The highest BCUT2D eigenvalue weighted by Crippen LogP contribution is 2.24. The normalized spacial score (nSPS) is 22.9. The van der Waals surface area contributed by atoms with Crippen molar-refractivity contribution < 1.29 is 4.79 Å². The number of hydrogen-bond donors (Lipinski definition) is 1. The van der Waals surface area contributed by atoms with Gasteiger partial charge in [-0.2, -0.15) is 0 Å². The van der Waals surface area contributed by atoms with E-state index in [-0.39, 0.29) is 11.8 Å². The lowest BCUT2D eigenvalue weighted by molar-refractivity contribution is -0.127. The van der Waals surface area contributed by atoms with Gasteiger partial charge in [0.05, 0.1) is 5.92 Å². The Morgan fingerprint density at radius 2 is 1.89 bits per heavy atom. The van der Waals surface area contributed by atoms with E-state index < -0.39 is 0 Å². The number of hydrogen-bond acceptors (Lipinski definition) is 3. The zero-order valence-electron chi connectivity index (χ0n) is 17.4. The van der Waals surface area contributed by atoms with Crippen molar-refractivity contribution in [3.63, 3.8) is 0 Å². The second kappa shape index (κ2) is 9.70. The predicted molar refractivity (Wildman–Crippen MR) is 112 cm³/mol. The van der Waals surface area contributed by atoms with Gasteiger partial charge in [0, 0.05) is 25.2 Å².